The molecule has 0 saturated carbocycles. The molecule has 0 spiro atoms. The van der Waals surface area contributed by atoms with Gasteiger partial charge in [0.1, 0.15) is 213 Å². The first kappa shape index (κ1) is 93.6. The molecule has 0 aromatic carbocycles. The van der Waals surface area contributed by atoms with Gasteiger partial charge in [0.2, 0.25) is 29.5 Å². The van der Waals surface area contributed by atoms with E-state index in [9.17, 15) is 141 Å². The van der Waals surface area contributed by atoms with E-state index in [1.165, 1.54) is 6.92 Å². The Morgan fingerprint density at radius 2 is 0.544 bits per heavy atom. The minimum Gasteiger partial charge on any atom is -0.394 e. The second-order valence-corrected chi connectivity index (χ2v) is 28.9. The maximum atomic E-state index is 13.5. The Labute approximate surface area is 646 Å². The predicted octanol–water partition coefficient (Wildman–Crippen LogP) is -18.9. The van der Waals surface area contributed by atoms with Gasteiger partial charge in [-0.15, -0.1) is 0 Å². The molecule has 9 rings (SSSR count). The lowest BCUT2D eigenvalue weighted by Crippen LogP contribution is -2.71. The highest BCUT2D eigenvalue weighted by molar-refractivity contribution is 5.75. The molecule has 5 amide bonds. The van der Waals surface area contributed by atoms with Gasteiger partial charge in [-0.2, -0.15) is 0 Å². The molecule has 0 bridgehead atoms. The maximum Gasteiger partial charge on any atom is 0.217 e. The lowest BCUT2D eigenvalue weighted by atomic mass is 9.93. The summed E-state index contributed by atoms with van der Waals surface area (Å²) in [4.78, 5) is 63.8. The van der Waals surface area contributed by atoms with E-state index in [1.807, 2.05) is 0 Å². The molecule has 9 saturated heterocycles. The van der Waals surface area contributed by atoms with E-state index in [0.717, 1.165) is 34.6 Å². The van der Waals surface area contributed by atoms with Crippen molar-refractivity contribution < 1.29 is 222 Å². The third-order valence-corrected chi connectivity index (χ3v) is 20.7. The van der Waals surface area contributed by atoms with Crippen molar-refractivity contribution in [3.63, 3.8) is 0 Å². The van der Waals surface area contributed by atoms with Crippen molar-refractivity contribution in [1.29, 1.82) is 0 Å². The zero-order chi connectivity index (χ0) is 84.1. The molecule has 0 aromatic rings. The van der Waals surface area contributed by atoms with Gasteiger partial charge in [0.25, 0.3) is 0 Å². The zero-order valence-corrected chi connectivity index (χ0v) is 61.9. The largest absolute Gasteiger partial charge is 0.394 e. The smallest absolute Gasteiger partial charge is 0.217 e. The third-order valence-electron chi connectivity index (χ3n) is 20.7. The molecule has 9 heterocycles. The van der Waals surface area contributed by atoms with Gasteiger partial charge >= 0.3 is 0 Å². The van der Waals surface area contributed by atoms with Crippen molar-refractivity contribution in [1.82, 2.24) is 26.6 Å². The number of ether oxygens (including phenoxy) is 17. The molecule has 9 aliphatic heterocycles. The molecule has 0 radical (unpaired) electrons. The number of aliphatic hydroxyl groups is 23. The number of nitrogens with one attached hydrogen (secondary N) is 5. The van der Waals surface area contributed by atoms with E-state index >= 15 is 0 Å². The van der Waals surface area contributed by atoms with Gasteiger partial charge in [-0.05, 0) is 6.92 Å². The topological polar surface area (TPSA) is 768 Å². The van der Waals surface area contributed by atoms with Crippen LogP contribution < -0.4 is 26.6 Å². The molecule has 28 N–H and O–H groups in total. The highest BCUT2D eigenvalue weighted by Gasteiger charge is 2.61. The van der Waals surface area contributed by atoms with Crippen LogP contribution in [-0.2, 0) is 104 Å². The Kier molecular flexibility index (Phi) is 33.6. The van der Waals surface area contributed by atoms with Crippen LogP contribution in [0.15, 0.2) is 0 Å². The Bertz CT molecular complexity index is 3080. The van der Waals surface area contributed by atoms with Gasteiger partial charge in [0.15, 0.2) is 56.6 Å². The number of hydrogen-bond donors (Lipinski definition) is 28. The minimum atomic E-state index is -2.47. The molecule has 114 heavy (non-hydrogen) atoms. The van der Waals surface area contributed by atoms with Crippen LogP contribution in [0.1, 0.15) is 41.5 Å². The Balaban J connectivity index is 1.03. The van der Waals surface area contributed by atoms with Crippen LogP contribution in [-0.4, -0.2) is 476 Å². The Morgan fingerprint density at radius 1 is 0.246 bits per heavy atom. The van der Waals surface area contributed by atoms with E-state index in [0.29, 0.717) is 0 Å². The molecular weight excluding hydrogens is 1560 g/mol. The summed E-state index contributed by atoms with van der Waals surface area (Å²) in [6, 6.07) is -9.19. The number of rotatable bonds is 29. The molecule has 50 nitrogen and oxygen atoms in total. The van der Waals surface area contributed by atoms with Crippen LogP contribution in [0.25, 0.3) is 0 Å². The van der Waals surface area contributed by atoms with Gasteiger partial charge in [0, 0.05) is 34.6 Å². The third kappa shape index (κ3) is 21.0. The van der Waals surface area contributed by atoms with E-state index in [4.69, 9.17) is 80.5 Å². The first-order chi connectivity index (χ1) is 53.8. The second-order valence-electron chi connectivity index (χ2n) is 28.9. The number of aliphatic hydroxyl groups excluding tert-OH is 23. The average molecular weight is 1670 g/mol. The second kappa shape index (κ2) is 40.9. The van der Waals surface area contributed by atoms with Crippen LogP contribution in [0.5, 0.6) is 0 Å². The van der Waals surface area contributed by atoms with Gasteiger partial charge < -0.3 is 225 Å². The van der Waals surface area contributed by atoms with Crippen molar-refractivity contribution in [2.45, 2.75) is 318 Å². The van der Waals surface area contributed by atoms with Gasteiger partial charge in [-0.1, -0.05) is 0 Å². The summed E-state index contributed by atoms with van der Waals surface area (Å²) >= 11 is 0. The normalized spacial score (nSPS) is 48.2. The SMILES string of the molecule is CC(=O)N[C@H]1[C@H](O[C@H]2[C@H](O)[C@@H](NC(C)=O)C(O)O[C@@H]2CO[C@@H]2O[C@@H](C)[C@@H](O)[C@@H](O)[C@@H]2O)O[C@H](CO)[C@@H](O[C@@H]2O[C@H](CO)[C@@H](O[C@@H]3O[C@H](CO[C@H]4O[C@H](CO)[C@@H](O)[C@H](O)[C@@H]4O[C@@H]4O[C@H](CO)[C@@H](O)[C@H](O)[C@H]4NC(C)=O)[C@@H](O)[C@H](O[C@H]4O[C@H](CO)[C@@H](O)[C@H](O)[C@@H]4O[C@@H]4O[C@H](CO)[C@@H](O)[C@H](O)[C@H]4NC(C)=O)[C@H]3NC(C)=O)[C@H](O)[C@@H]2O)[C@@H]1O. The van der Waals surface area contributed by atoms with Crippen molar-refractivity contribution >= 4 is 29.5 Å². The summed E-state index contributed by atoms with van der Waals surface area (Å²) < 4.78 is 102. The molecule has 1 unspecified atom stereocenters. The van der Waals surface area contributed by atoms with Crippen molar-refractivity contribution in [2.75, 3.05) is 52.9 Å². The van der Waals surface area contributed by atoms with Gasteiger partial charge in [-0.3, -0.25) is 24.0 Å². The monoisotopic (exact) mass is 1670 g/mol. The summed E-state index contributed by atoms with van der Waals surface area (Å²) in [6.45, 7) is -2.35. The van der Waals surface area contributed by atoms with Crippen molar-refractivity contribution in [3.05, 3.63) is 0 Å². The van der Waals surface area contributed by atoms with Crippen LogP contribution >= 0.6 is 0 Å². The number of hydrogen-bond acceptors (Lipinski definition) is 45. The first-order valence-corrected chi connectivity index (χ1v) is 36.5. The van der Waals surface area contributed by atoms with Crippen LogP contribution in [0.3, 0.4) is 0 Å². The van der Waals surface area contributed by atoms with E-state index in [2.05, 4.69) is 26.6 Å². The van der Waals surface area contributed by atoms with Gasteiger partial charge in [-0.25, -0.2) is 0 Å². The van der Waals surface area contributed by atoms with E-state index in [-0.39, 0.29) is 0 Å². The number of carbonyl (C=O) groups is 5. The number of amides is 5. The molecule has 50 heteroatoms. The fraction of sp³-hybridized carbons (Fsp3) is 0.922. The zero-order valence-electron chi connectivity index (χ0n) is 61.9. The summed E-state index contributed by atoms with van der Waals surface area (Å²) in [5.74, 6) is -4.46. The van der Waals surface area contributed by atoms with Crippen LogP contribution in [0, 0.1) is 0 Å². The predicted molar refractivity (Wildman–Crippen MR) is 354 cm³/mol. The maximum absolute atomic E-state index is 13.5. The Hall–Kier alpha value is -4.25. The fourth-order valence-electron chi connectivity index (χ4n) is 14.7. The van der Waals surface area contributed by atoms with Crippen LogP contribution in [0.4, 0.5) is 0 Å². The average Bonchev–Trinajstić information content (AvgIpc) is 0.768. The quantitative estimate of drug-likeness (QED) is 0.0331. The summed E-state index contributed by atoms with van der Waals surface area (Å²) in [6.07, 6.45) is -80.5. The Morgan fingerprint density at radius 3 is 1.01 bits per heavy atom. The fourth-order valence-corrected chi connectivity index (χ4v) is 14.7. The molecule has 9 fully saturated rings. The molecule has 658 valence electrons. The minimum absolute atomic E-state index is 0.796. The standard InChI is InChI=1S/C64H107N5O45/c1-15-34(81)44(91)48(95)61(100-15)98-14-28-52(42(89)29(56(97)101-28)65-16(2)76)110-59-32(68-19(5)79)43(90)50(25(11-74)106-59)111-62-49(96)47(94)51(26(12-75)107-62)109-60-33(69-20(6)80)53(112-64-55(46(93)38(85)24(10-73)105-64)114-58-31(67-18(4)78)41(88)36(83)22(8-71)103-58)39(86)27(108-60)13-99-63-54(45(92)37(84)23(9-72)104-63)113-57-30(66-17(3)77)40(87)35(82)21(7-70)102-57/h15,21-64,70-75,81-97H,7-14H2,1-6H3,(H,65,76)(H,66,77)(H,67,78)(H,68,79)(H,69,80)/t15-,21+,22+,23+,24+,25+,26+,27+,28+,29+,30+,31+,32+,33+,34+,35+,36+,37+,38+,39+,40+,41+,42+,43+,44+,45-,46-,47+,48-,49-,50+,51+,52+,53+,54-,55-,56?,57-,58-,59-,60-,61+,62-,63-,64+/m0/s1. The van der Waals surface area contributed by atoms with Crippen molar-refractivity contribution in [2.24, 2.45) is 0 Å². The van der Waals surface area contributed by atoms with E-state index in [1.54, 1.807) is 0 Å². The van der Waals surface area contributed by atoms with E-state index < -0.39 is 358 Å². The summed E-state index contributed by atoms with van der Waals surface area (Å²) in [7, 11) is 0. The molecule has 0 aromatic heterocycles. The molecule has 45 atom stereocenters. The lowest BCUT2D eigenvalue weighted by molar-refractivity contribution is -0.390. The molecule has 9 aliphatic rings. The van der Waals surface area contributed by atoms with Gasteiger partial charge in [0.05, 0.1) is 59.0 Å². The highest BCUT2D eigenvalue weighted by Crippen LogP contribution is 2.40. The first-order valence-electron chi connectivity index (χ1n) is 36.5. The van der Waals surface area contributed by atoms with Crippen LogP contribution in [0.2, 0.25) is 0 Å². The number of carbonyl (C=O) groups excluding carboxylic acids is 5. The van der Waals surface area contributed by atoms with Crippen molar-refractivity contribution in [3.8, 4) is 0 Å². The molecule has 0 aliphatic carbocycles. The summed E-state index contributed by atoms with van der Waals surface area (Å²) in [5.41, 5.74) is 0. The summed E-state index contributed by atoms with van der Waals surface area (Å²) in [5, 5.41) is 268. The lowest BCUT2D eigenvalue weighted by Gasteiger charge is -2.51. The highest BCUT2D eigenvalue weighted by atomic mass is 16.8. The molecular formula is C64H107N5O45.